The number of halogens is 1. The minimum absolute atomic E-state index is 0.0405. The van der Waals surface area contributed by atoms with Crippen LogP contribution in [-0.2, 0) is 23.1 Å². The van der Waals surface area contributed by atoms with Gasteiger partial charge in [-0.15, -0.1) is 0 Å². The van der Waals surface area contributed by atoms with Gasteiger partial charge < -0.3 is 0 Å². The lowest BCUT2D eigenvalue weighted by Gasteiger charge is -2.11. The number of nitrogens with one attached hydrogen (secondary N) is 1. The molecule has 0 amide bonds. The van der Waals surface area contributed by atoms with Crippen LogP contribution in [0.2, 0.25) is 0 Å². The zero-order valence-electron chi connectivity index (χ0n) is 15.5. The molecule has 0 aliphatic carbocycles. The van der Waals surface area contributed by atoms with Crippen molar-refractivity contribution in [2.75, 3.05) is 0 Å². The second-order valence-corrected chi connectivity index (χ2v) is 8.37. The minimum Gasteiger partial charge on any atom is -0.265 e. The first-order chi connectivity index (χ1) is 12.7. The molecule has 1 N–H and O–H groups in total. The van der Waals surface area contributed by atoms with Gasteiger partial charge in [0.2, 0.25) is 10.0 Å². The molecule has 0 aliphatic rings. The highest BCUT2D eigenvalue weighted by Gasteiger charge is 2.17. The van der Waals surface area contributed by atoms with Crippen LogP contribution in [0.15, 0.2) is 53.4 Å². The van der Waals surface area contributed by atoms with E-state index in [-0.39, 0.29) is 11.4 Å². The highest BCUT2D eigenvalue weighted by atomic mass is 32.2. The molecule has 1 heterocycles. The fraction of sp³-hybridized carbons (Fsp3) is 0.250. The van der Waals surface area contributed by atoms with E-state index in [2.05, 4.69) is 9.82 Å². The molecule has 0 bridgehead atoms. The van der Waals surface area contributed by atoms with Crippen molar-refractivity contribution >= 4 is 10.0 Å². The lowest BCUT2D eigenvalue weighted by Crippen LogP contribution is -2.24. The first-order valence-corrected chi connectivity index (χ1v) is 10.1. The first kappa shape index (κ1) is 19.3. The predicted molar refractivity (Wildman–Crippen MR) is 102 cm³/mol. The van der Waals surface area contributed by atoms with E-state index < -0.39 is 15.8 Å². The third-order valence-corrected chi connectivity index (χ3v) is 5.88. The summed E-state index contributed by atoms with van der Waals surface area (Å²) in [5, 5.41) is 4.45. The Hall–Kier alpha value is -2.51. The highest BCUT2D eigenvalue weighted by molar-refractivity contribution is 7.89. The van der Waals surface area contributed by atoms with E-state index in [1.807, 2.05) is 48.9 Å². The molecule has 7 heteroatoms. The summed E-state index contributed by atoms with van der Waals surface area (Å²) in [5.74, 6) is -0.576. The van der Waals surface area contributed by atoms with E-state index in [4.69, 9.17) is 0 Å². The maximum absolute atomic E-state index is 13.4. The SMILES string of the molecule is Cc1cc(C)n(Cc2cccc(CNS(=O)(=O)c3cc(F)ccc3C)c2)n1. The summed E-state index contributed by atoms with van der Waals surface area (Å²) in [6.45, 7) is 6.33. The van der Waals surface area contributed by atoms with Gasteiger partial charge in [-0.2, -0.15) is 5.10 Å². The number of rotatable bonds is 6. The number of hydrogen-bond donors (Lipinski definition) is 1. The number of hydrogen-bond acceptors (Lipinski definition) is 3. The molecule has 2 aromatic carbocycles. The third kappa shape index (κ3) is 4.61. The molecule has 0 saturated heterocycles. The predicted octanol–water partition coefficient (Wildman–Crippen LogP) is 3.47. The zero-order chi connectivity index (χ0) is 19.6. The average molecular weight is 387 g/mol. The Bertz CT molecular complexity index is 1070. The van der Waals surface area contributed by atoms with Gasteiger partial charge in [0.05, 0.1) is 17.1 Å². The van der Waals surface area contributed by atoms with Crippen LogP contribution in [0.25, 0.3) is 0 Å². The monoisotopic (exact) mass is 387 g/mol. The van der Waals surface area contributed by atoms with Gasteiger partial charge in [0.1, 0.15) is 5.82 Å². The standard InChI is InChI=1S/C20H22FN3O2S/c1-14-7-8-19(21)11-20(14)27(25,26)22-12-17-5-4-6-18(10-17)13-24-16(3)9-15(2)23-24/h4-11,22H,12-13H2,1-3H3. The normalized spacial score (nSPS) is 11.7. The van der Waals surface area contributed by atoms with E-state index in [1.54, 1.807) is 6.92 Å². The maximum atomic E-state index is 13.4. The van der Waals surface area contributed by atoms with Gasteiger partial charge in [0.15, 0.2) is 0 Å². The van der Waals surface area contributed by atoms with Crippen LogP contribution in [-0.4, -0.2) is 18.2 Å². The topological polar surface area (TPSA) is 64.0 Å². The van der Waals surface area contributed by atoms with Gasteiger partial charge in [-0.05, 0) is 55.7 Å². The molecule has 1 aromatic heterocycles. The molecule has 3 rings (SSSR count). The second kappa shape index (κ2) is 7.62. The van der Waals surface area contributed by atoms with Crippen LogP contribution in [0.3, 0.4) is 0 Å². The van der Waals surface area contributed by atoms with Gasteiger partial charge in [-0.25, -0.2) is 17.5 Å². The van der Waals surface area contributed by atoms with Crippen molar-refractivity contribution in [1.29, 1.82) is 0 Å². The molecule has 5 nitrogen and oxygen atoms in total. The summed E-state index contributed by atoms with van der Waals surface area (Å²) >= 11 is 0. The van der Waals surface area contributed by atoms with Crippen LogP contribution in [0, 0.1) is 26.6 Å². The van der Waals surface area contributed by atoms with Crippen LogP contribution in [0.4, 0.5) is 4.39 Å². The second-order valence-electron chi connectivity index (χ2n) is 6.64. The average Bonchev–Trinajstić information content (AvgIpc) is 2.93. The highest BCUT2D eigenvalue weighted by Crippen LogP contribution is 2.17. The summed E-state index contributed by atoms with van der Waals surface area (Å²) in [7, 11) is -3.79. The fourth-order valence-electron chi connectivity index (χ4n) is 2.97. The Kier molecular flexibility index (Phi) is 5.43. The van der Waals surface area contributed by atoms with E-state index in [1.165, 1.54) is 12.1 Å². The molecule has 0 atom stereocenters. The summed E-state index contributed by atoms with van der Waals surface area (Å²) in [5.41, 5.74) is 4.38. The number of nitrogens with zero attached hydrogens (tertiary/aromatic N) is 2. The molecule has 3 aromatic rings. The summed E-state index contributed by atoms with van der Waals surface area (Å²) in [6.07, 6.45) is 0. The summed E-state index contributed by atoms with van der Waals surface area (Å²) in [4.78, 5) is -0.0405. The molecular weight excluding hydrogens is 365 g/mol. The summed E-state index contributed by atoms with van der Waals surface area (Å²) in [6, 6.07) is 13.4. The Morgan fingerprint density at radius 3 is 2.48 bits per heavy atom. The lowest BCUT2D eigenvalue weighted by molar-refractivity contribution is 0.576. The van der Waals surface area contributed by atoms with Crippen LogP contribution in [0.1, 0.15) is 28.1 Å². The number of benzene rings is 2. The maximum Gasteiger partial charge on any atom is 0.241 e. The molecule has 0 unspecified atom stereocenters. The van der Waals surface area contributed by atoms with E-state index >= 15 is 0 Å². The third-order valence-electron chi connectivity index (χ3n) is 4.33. The van der Waals surface area contributed by atoms with Crippen molar-refractivity contribution in [3.05, 3.63) is 82.4 Å². The van der Waals surface area contributed by atoms with Crippen molar-refractivity contribution in [3.63, 3.8) is 0 Å². The Balaban J connectivity index is 1.74. The molecule has 142 valence electrons. The Morgan fingerprint density at radius 1 is 1.04 bits per heavy atom. The number of sulfonamides is 1. The molecule has 0 aliphatic heterocycles. The van der Waals surface area contributed by atoms with Crippen molar-refractivity contribution in [2.45, 2.75) is 38.8 Å². The fourth-order valence-corrected chi connectivity index (χ4v) is 4.24. The van der Waals surface area contributed by atoms with Crippen LogP contribution in [0.5, 0.6) is 0 Å². The Labute approximate surface area is 158 Å². The van der Waals surface area contributed by atoms with Gasteiger partial charge in [0.25, 0.3) is 0 Å². The molecule has 0 saturated carbocycles. The van der Waals surface area contributed by atoms with Crippen molar-refractivity contribution < 1.29 is 12.8 Å². The first-order valence-electron chi connectivity index (χ1n) is 8.59. The smallest absolute Gasteiger partial charge is 0.241 e. The van der Waals surface area contributed by atoms with Gasteiger partial charge in [-0.3, -0.25) is 4.68 Å². The van der Waals surface area contributed by atoms with Gasteiger partial charge in [0, 0.05) is 12.2 Å². The Morgan fingerprint density at radius 2 is 1.78 bits per heavy atom. The summed E-state index contributed by atoms with van der Waals surface area (Å²) < 4.78 is 42.9. The lowest BCUT2D eigenvalue weighted by atomic mass is 10.1. The van der Waals surface area contributed by atoms with E-state index in [0.29, 0.717) is 12.1 Å². The molecule has 0 spiro atoms. The van der Waals surface area contributed by atoms with Crippen molar-refractivity contribution in [1.82, 2.24) is 14.5 Å². The van der Waals surface area contributed by atoms with Gasteiger partial charge in [-0.1, -0.05) is 30.3 Å². The molecule has 0 fully saturated rings. The number of aryl methyl sites for hydroxylation is 3. The van der Waals surface area contributed by atoms with Gasteiger partial charge >= 0.3 is 0 Å². The van der Waals surface area contributed by atoms with Crippen LogP contribution >= 0.6 is 0 Å². The van der Waals surface area contributed by atoms with E-state index in [0.717, 1.165) is 28.6 Å². The largest absolute Gasteiger partial charge is 0.265 e. The van der Waals surface area contributed by atoms with Crippen molar-refractivity contribution in [3.8, 4) is 0 Å². The molecule has 0 radical (unpaired) electrons. The molecule has 27 heavy (non-hydrogen) atoms. The van der Waals surface area contributed by atoms with E-state index in [9.17, 15) is 12.8 Å². The quantitative estimate of drug-likeness (QED) is 0.704. The minimum atomic E-state index is -3.79. The number of aromatic nitrogens is 2. The molecular formula is C20H22FN3O2S. The van der Waals surface area contributed by atoms with Crippen molar-refractivity contribution in [2.24, 2.45) is 0 Å². The van der Waals surface area contributed by atoms with Crippen LogP contribution < -0.4 is 4.72 Å². The zero-order valence-corrected chi connectivity index (χ0v) is 16.3.